The normalized spacial score (nSPS) is 12.0. The molecule has 0 saturated carbocycles. The predicted molar refractivity (Wildman–Crippen MR) is 84.0 cm³/mol. The van der Waals surface area contributed by atoms with Gasteiger partial charge in [-0.2, -0.15) is 0 Å². The molecule has 23 heavy (non-hydrogen) atoms. The maximum atomic E-state index is 12.4. The first-order chi connectivity index (χ1) is 10.9. The van der Waals surface area contributed by atoms with Crippen molar-refractivity contribution in [2.45, 2.75) is 24.8 Å². The summed E-state index contributed by atoms with van der Waals surface area (Å²) in [4.78, 5) is 22.6. The number of nitrogens with two attached hydrogens (primary N) is 1. The lowest BCUT2D eigenvalue weighted by Gasteiger charge is -2.14. The van der Waals surface area contributed by atoms with E-state index in [-0.39, 0.29) is 16.6 Å². The van der Waals surface area contributed by atoms with Crippen molar-refractivity contribution in [2.75, 3.05) is 14.2 Å². The van der Waals surface area contributed by atoms with Crippen LogP contribution in [-0.2, 0) is 16.6 Å². The Hall–Kier alpha value is -2.42. The summed E-state index contributed by atoms with van der Waals surface area (Å²) in [6.07, 6.45) is 1.44. The van der Waals surface area contributed by atoms with E-state index in [2.05, 4.69) is 15.0 Å². The zero-order valence-electron chi connectivity index (χ0n) is 13.3. The van der Waals surface area contributed by atoms with Crippen LogP contribution < -0.4 is 15.2 Å². The molecule has 3 N–H and O–H groups in total. The number of hydrogen-bond donors (Lipinski definition) is 2. The minimum Gasteiger partial charge on any atom is -0.496 e. The lowest BCUT2D eigenvalue weighted by Crippen LogP contribution is -2.18. The smallest absolute Gasteiger partial charge is 0.267 e. The average molecular weight is 338 g/mol. The molecular weight excluding hydrogens is 320 g/mol. The second kappa shape index (κ2) is 6.78. The van der Waals surface area contributed by atoms with Crippen molar-refractivity contribution in [2.24, 2.45) is 5.73 Å². The molecule has 2 heterocycles. The van der Waals surface area contributed by atoms with E-state index in [1.54, 1.807) is 13.8 Å². The minimum atomic E-state index is -1.48. The molecule has 0 radical (unpaired) electrons. The van der Waals surface area contributed by atoms with E-state index in [4.69, 9.17) is 15.2 Å². The number of rotatable bonds is 6. The second-order valence-electron chi connectivity index (χ2n) is 4.80. The molecule has 0 aromatic carbocycles. The van der Waals surface area contributed by atoms with Crippen LogP contribution in [0.4, 0.5) is 0 Å². The maximum absolute atomic E-state index is 12.4. The number of imidazole rings is 1. The summed E-state index contributed by atoms with van der Waals surface area (Å²) in [5.41, 5.74) is 7.20. The number of nitrogens with one attached hydrogen (secondary N) is 1. The van der Waals surface area contributed by atoms with Gasteiger partial charge >= 0.3 is 0 Å². The fourth-order valence-electron chi connectivity index (χ4n) is 2.21. The SMILES string of the molecule is COc1cnc(S(=O)Cc2nc(C(N)=O)c(C)c(OC)c2C)[nH]1. The topological polar surface area (TPSA) is 120 Å². The molecule has 0 aliphatic heterocycles. The van der Waals surface area contributed by atoms with Crippen LogP contribution in [0.1, 0.15) is 27.3 Å². The Bertz CT molecular complexity index is 772. The van der Waals surface area contributed by atoms with Crippen molar-refractivity contribution in [1.82, 2.24) is 15.0 Å². The summed E-state index contributed by atoms with van der Waals surface area (Å²) in [7, 11) is 1.50. The number of hydrogen-bond acceptors (Lipinski definition) is 6. The van der Waals surface area contributed by atoms with Gasteiger partial charge in [0, 0.05) is 11.1 Å². The summed E-state index contributed by atoms with van der Waals surface area (Å²) in [6.45, 7) is 3.50. The van der Waals surface area contributed by atoms with Crippen LogP contribution in [0.2, 0.25) is 0 Å². The van der Waals surface area contributed by atoms with E-state index in [9.17, 15) is 9.00 Å². The number of nitrogens with zero attached hydrogens (tertiary/aromatic N) is 2. The van der Waals surface area contributed by atoms with Crippen LogP contribution in [0.25, 0.3) is 0 Å². The molecule has 0 aliphatic carbocycles. The molecule has 1 unspecified atom stereocenters. The predicted octanol–water partition coefficient (Wildman–Crippen LogP) is 0.845. The number of carbonyl (C=O) groups excluding carboxylic acids is 1. The molecule has 124 valence electrons. The number of pyridine rings is 1. The van der Waals surface area contributed by atoms with Gasteiger partial charge in [0.25, 0.3) is 5.91 Å². The van der Waals surface area contributed by atoms with Crippen LogP contribution >= 0.6 is 0 Å². The van der Waals surface area contributed by atoms with Crippen LogP contribution in [0.5, 0.6) is 11.6 Å². The summed E-state index contributed by atoms with van der Waals surface area (Å²) in [5.74, 6) is 0.335. The van der Waals surface area contributed by atoms with Gasteiger partial charge in [0.05, 0.1) is 42.7 Å². The van der Waals surface area contributed by atoms with Crippen LogP contribution in [0, 0.1) is 13.8 Å². The van der Waals surface area contributed by atoms with Gasteiger partial charge in [0.15, 0.2) is 5.16 Å². The van der Waals surface area contributed by atoms with Crippen molar-refractivity contribution in [3.8, 4) is 11.6 Å². The Morgan fingerprint density at radius 1 is 1.30 bits per heavy atom. The number of carbonyl (C=O) groups is 1. The fraction of sp³-hybridized carbons (Fsp3) is 0.357. The first kappa shape index (κ1) is 16.9. The molecular formula is C14H18N4O4S. The van der Waals surface area contributed by atoms with Crippen molar-refractivity contribution in [3.63, 3.8) is 0 Å². The third-order valence-corrected chi connectivity index (χ3v) is 4.56. The molecule has 2 aromatic heterocycles. The standard InChI is InChI=1S/C14H18N4O4S/c1-7-9(6-23(20)14-16-5-10(18-14)21-3)17-11(13(15)19)8(2)12(7)22-4/h5H,6H2,1-4H3,(H2,15,19)(H,16,18). The van der Waals surface area contributed by atoms with Gasteiger partial charge in [-0.15, -0.1) is 0 Å². The van der Waals surface area contributed by atoms with Crippen molar-refractivity contribution in [1.29, 1.82) is 0 Å². The third kappa shape index (κ3) is 3.34. The molecule has 1 amide bonds. The molecule has 0 spiro atoms. The second-order valence-corrected chi connectivity index (χ2v) is 6.17. The maximum Gasteiger partial charge on any atom is 0.267 e. The number of H-pyrrole nitrogens is 1. The average Bonchev–Trinajstić information content (AvgIpc) is 2.99. The van der Waals surface area contributed by atoms with Gasteiger partial charge in [0.1, 0.15) is 11.4 Å². The van der Waals surface area contributed by atoms with E-state index in [1.165, 1.54) is 20.4 Å². The molecule has 1 atom stereocenters. The van der Waals surface area contributed by atoms with Gasteiger partial charge in [0.2, 0.25) is 5.88 Å². The van der Waals surface area contributed by atoms with E-state index in [0.717, 1.165) is 0 Å². The minimum absolute atomic E-state index is 0.0689. The molecule has 8 nitrogen and oxygen atoms in total. The monoisotopic (exact) mass is 338 g/mol. The highest BCUT2D eigenvalue weighted by atomic mass is 32.2. The molecule has 0 saturated heterocycles. The van der Waals surface area contributed by atoms with Crippen molar-refractivity contribution in [3.05, 3.63) is 28.7 Å². The number of aromatic amines is 1. The van der Waals surface area contributed by atoms with Crippen molar-refractivity contribution < 1.29 is 18.5 Å². The first-order valence-corrected chi connectivity index (χ1v) is 8.02. The Labute approximate surface area is 135 Å². The van der Waals surface area contributed by atoms with E-state index in [0.29, 0.717) is 28.5 Å². The van der Waals surface area contributed by atoms with Crippen LogP contribution in [0.3, 0.4) is 0 Å². The van der Waals surface area contributed by atoms with Crippen LogP contribution in [0.15, 0.2) is 11.4 Å². The van der Waals surface area contributed by atoms with E-state index >= 15 is 0 Å². The molecule has 9 heteroatoms. The molecule has 0 aliphatic rings. The summed E-state index contributed by atoms with van der Waals surface area (Å²) < 4.78 is 22.7. The highest BCUT2D eigenvalue weighted by Crippen LogP contribution is 2.28. The van der Waals surface area contributed by atoms with Gasteiger partial charge in [-0.1, -0.05) is 0 Å². The van der Waals surface area contributed by atoms with Crippen molar-refractivity contribution >= 4 is 16.7 Å². The quantitative estimate of drug-likeness (QED) is 0.805. The number of amides is 1. The van der Waals surface area contributed by atoms with Crippen LogP contribution in [-0.4, -0.2) is 39.3 Å². The molecule has 2 aromatic rings. The van der Waals surface area contributed by atoms with Gasteiger partial charge in [-0.25, -0.2) is 9.97 Å². The zero-order valence-corrected chi connectivity index (χ0v) is 14.1. The summed E-state index contributed by atoms with van der Waals surface area (Å²) in [6, 6.07) is 0. The Kier molecular flexibility index (Phi) is 4.99. The highest BCUT2D eigenvalue weighted by Gasteiger charge is 2.20. The Balaban J connectivity index is 2.40. The zero-order chi connectivity index (χ0) is 17.1. The third-order valence-electron chi connectivity index (χ3n) is 3.39. The van der Waals surface area contributed by atoms with E-state index in [1.807, 2.05) is 0 Å². The largest absolute Gasteiger partial charge is 0.496 e. The van der Waals surface area contributed by atoms with Gasteiger partial charge < -0.3 is 20.2 Å². The molecule has 2 rings (SSSR count). The van der Waals surface area contributed by atoms with Gasteiger partial charge in [-0.3, -0.25) is 9.00 Å². The summed E-state index contributed by atoms with van der Waals surface area (Å²) >= 11 is 0. The molecule has 0 fully saturated rings. The Morgan fingerprint density at radius 2 is 2.00 bits per heavy atom. The number of primary amides is 1. The van der Waals surface area contributed by atoms with Gasteiger partial charge in [-0.05, 0) is 13.8 Å². The first-order valence-electron chi connectivity index (χ1n) is 6.70. The molecule has 0 bridgehead atoms. The number of methoxy groups -OCH3 is 2. The highest BCUT2D eigenvalue weighted by molar-refractivity contribution is 7.84. The lowest BCUT2D eigenvalue weighted by atomic mass is 10.1. The lowest BCUT2D eigenvalue weighted by molar-refractivity contribution is 0.0994. The summed E-state index contributed by atoms with van der Waals surface area (Å²) in [5, 5.41) is 0.267. The fourth-order valence-corrected chi connectivity index (χ4v) is 3.26. The van der Waals surface area contributed by atoms with E-state index < -0.39 is 16.7 Å². The number of aromatic nitrogens is 3. The number of ether oxygens (including phenoxy) is 2. The Morgan fingerprint density at radius 3 is 2.52 bits per heavy atom.